The second kappa shape index (κ2) is 8.18. The van der Waals surface area contributed by atoms with Gasteiger partial charge in [0, 0.05) is 18.8 Å². The summed E-state index contributed by atoms with van der Waals surface area (Å²) < 4.78 is 13.4. The van der Waals surface area contributed by atoms with Gasteiger partial charge in [-0.15, -0.1) is 0 Å². The smallest absolute Gasteiger partial charge is 0.263 e. The van der Waals surface area contributed by atoms with Crippen molar-refractivity contribution in [1.82, 2.24) is 10.6 Å². The second-order valence-corrected chi connectivity index (χ2v) is 5.42. The van der Waals surface area contributed by atoms with Crippen molar-refractivity contribution in [2.24, 2.45) is 0 Å². The lowest BCUT2D eigenvalue weighted by Gasteiger charge is -2.11. The Morgan fingerprint density at radius 2 is 2.09 bits per heavy atom. The molecule has 0 radical (unpaired) electrons. The van der Waals surface area contributed by atoms with Gasteiger partial charge in [-0.25, -0.2) is 4.39 Å². The molecular weight excluding hydrogens is 281 g/mol. The molecule has 5 heteroatoms. The molecule has 1 saturated carbocycles. The Labute approximate surface area is 130 Å². The van der Waals surface area contributed by atoms with E-state index in [0.717, 1.165) is 25.7 Å². The van der Waals surface area contributed by atoms with Crippen LogP contribution in [0.1, 0.15) is 31.2 Å². The molecule has 2 rings (SSSR count). The van der Waals surface area contributed by atoms with E-state index in [1.54, 1.807) is 18.2 Å². The fourth-order valence-electron chi connectivity index (χ4n) is 2.56. The molecule has 1 aliphatic rings. The highest BCUT2D eigenvalue weighted by atomic mass is 19.1. The van der Waals surface area contributed by atoms with E-state index < -0.39 is 0 Å². The zero-order valence-corrected chi connectivity index (χ0v) is 12.4. The Morgan fingerprint density at radius 1 is 1.36 bits per heavy atom. The first kappa shape index (κ1) is 16.0. The maximum atomic E-state index is 13.4. The van der Waals surface area contributed by atoms with Crippen molar-refractivity contribution in [3.63, 3.8) is 0 Å². The average Bonchev–Trinajstić information content (AvgIpc) is 3.02. The van der Waals surface area contributed by atoms with E-state index in [2.05, 4.69) is 10.6 Å². The summed E-state index contributed by atoms with van der Waals surface area (Å²) in [5.74, 6) is -0.583. The first-order valence-corrected chi connectivity index (χ1v) is 7.58. The molecular formula is C17H20FN3O. The van der Waals surface area contributed by atoms with Gasteiger partial charge in [0.1, 0.15) is 17.5 Å². The molecule has 4 nitrogen and oxygen atoms in total. The lowest BCUT2D eigenvalue weighted by Crippen LogP contribution is -2.34. The lowest BCUT2D eigenvalue weighted by molar-refractivity contribution is -0.117. The van der Waals surface area contributed by atoms with Crippen LogP contribution < -0.4 is 10.6 Å². The molecule has 1 aromatic carbocycles. The number of benzene rings is 1. The van der Waals surface area contributed by atoms with Crippen LogP contribution in [0.2, 0.25) is 0 Å². The number of halogens is 1. The molecule has 1 amide bonds. The summed E-state index contributed by atoms with van der Waals surface area (Å²) in [6.45, 7) is 0.461. The van der Waals surface area contributed by atoms with E-state index in [0.29, 0.717) is 18.5 Å². The van der Waals surface area contributed by atoms with E-state index in [4.69, 9.17) is 5.26 Å². The third-order valence-electron chi connectivity index (χ3n) is 3.80. The highest BCUT2D eigenvalue weighted by molar-refractivity contribution is 5.97. The Hall–Kier alpha value is -2.35. The summed E-state index contributed by atoms with van der Waals surface area (Å²) in [6, 6.07) is 8.65. The highest BCUT2D eigenvalue weighted by Crippen LogP contribution is 2.17. The molecule has 2 N–H and O–H groups in total. The number of nitriles is 1. The highest BCUT2D eigenvalue weighted by Gasteiger charge is 2.19. The monoisotopic (exact) mass is 301 g/mol. The van der Waals surface area contributed by atoms with E-state index in [9.17, 15) is 9.18 Å². The molecule has 1 fully saturated rings. The molecule has 0 spiro atoms. The average molecular weight is 301 g/mol. The molecule has 0 unspecified atom stereocenters. The Balaban J connectivity index is 1.80. The third kappa shape index (κ3) is 4.59. The second-order valence-electron chi connectivity index (χ2n) is 5.42. The van der Waals surface area contributed by atoms with Crippen LogP contribution in [0.25, 0.3) is 0 Å². The van der Waals surface area contributed by atoms with Crippen LogP contribution in [-0.4, -0.2) is 18.5 Å². The number of nitrogens with one attached hydrogen (secondary N) is 2. The third-order valence-corrected chi connectivity index (χ3v) is 3.80. The van der Waals surface area contributed by atoms with Crippen LogP contribution >= 0.6 is 0 Å². The van der Waals surface area contributed by atoms with Crippen LogP contribution in [0.4, 0.5) is 4.39 Å². The molecule has 0 atom stereocenters. The summed E-state index contributed by atoms with van der Waals surface area (Å²) in [6.07, 6.45) is 6.10. The topological polar surface area (TPSA) is 64.9 Å². The first-order valence-electron chi connectivity index (χ1n) is 7.58. The van der Waals surface area contributed by atoms with Crippen molar-refractivity contribution < 1.29 is 9.18 Å². The van der Waals surface area contributed by atoms with Crippen molar-refractivity contribution >= 4 is 5.91 Å². The van der Waals surface area contributed by atoms with Gasteiger partial charge in [0.2, 0.25) is 0 Å². The van der Waals surface area contributed by atoms with Gasteiger partial charge in [0.25, 0.3) is 5.91 Å². The van der Waals surface area contributed by atoms with Gasteiger partial charge in [0.05, 0.1) is 0 Å². The number of hydrogen-bond acceptors (Lipinski definition) is 3. The number of hydrogen-bond donors (Lipinski definition) is 2. The van der Waals surface area contributed by atoms with Gasteiger partial charge in [-0.2, -0.15) is 5.26 Å². The Morgan fingerprint density at radius 3 is 2.77 bits per heavy atom. The molecule has 0 bridgehead atoms. The summed E-state index contributed by atoms with van der Waals surface area (Å²) in [4.78, 5) is 11.9. The summed E-state index contributed by atoms with van der Waals surface area (Å²) >= 11 is 0. The number of nitrogens with zero attached hydrogens (tertiary/aromatic N) is 1. The normalized spacial score (nSPS) is 15.4. The quantitative estimate of drug-likeness (QED) is 0.482. The molecule has 0 heterocycles. The van der Waals surface area contributed by atoms with Crippen molar-refractivity contribution in [2.45, 2.75) is 38.1 Å². The van der Waals surface area contributed by atoms with Crippen LogP contribution in [0.3, 0.4) is 0 Å². The molecule has 116 valence electrons. The minimum absolute atomic E-state index is 0.0560. The molecule has 1 aromatic rings. The predicted molar refractivity (Wildman–Crippen MR) is 82.2 cm³/mol. The molecule has 0 saturated heterocycles. The molecule has 0 aliphatic heterocycles. The lowest BCUT2D eigenvalue weighted by atomic mass is 10.1. The zero-order valence-electron chi connectivity index (χ0n) is 12.4. The number of carbonyl (C=O) groups excluding carboxylic acids is 1. The standard InChI is InChI=1S/C17H20FN3O/c18-16-8-4-1-5-13(16)9-10-20-12-14(11-19)17(22)21-15-6-2-3-7-15/h1,4-5,8,12,15,20H,2-3,6-7,9-10H2,(H,21,22)/b14-12-. The van der Waals surface area contributed by atoms with E-state index in [1.165, 1.54) is 12.3 Å². The van der Waals surface area contributed by atoms with Gasteiger partial charge >= 0.3 is 0 Å². The Bertz CT molecular complexity index is 586. The van der Waals surface area contributed by atoms with E-state index in [1.807, 2.05) is 6.07 Å². The van der Waals surface area contributed by atoms with Crippen molar-refractivity contribution in [3.8, 4) is 6.07 Å². The van der Waals surface area contributed by atoms with Gasteiger partial charge in [-0.05, 0) is 30.9 Å². The van der Waals surface area contributed by atoms with Gasteiger partial charge in [-0.1, -0.05) is 31.0 Å². The van der Waals surface area contributed by atoms with Gasteiger partial charge in [0.15, 0.2) is 0 Å². The fraction of sp³-hybridized carbons (Fsp3) is 0.412. The van der Waals surface area contributed by atoms with E-state index >= 15 is 0 Å². The molecule has 22 heavy (non-hydrogen) atoms. The molecule has 0 aromatic heterocycles. The van der Waals surface area contributed by atoms with Crippen LogP contribution in [-0.2, 0) is 11.2 Å². The summed E-state index contributed by atoms with van der Waals surface area (Å²) in [5, 5.41) is 14.8. The first-order chi connectivity index (χ1) is 10.7. The number of carbonyl (C=O) groups is 1. The van der Waals surface area contributed by atoms with Crippen LogP contribution in [0.15, 0.2) is 36.0 Å². The summed E-state index contributed by atoms with van der Waals surface area (Å²) in [7, 11) is 0. The van der Waals surface area contributed by atoms with Gasteiger partial charge in [-0.3, -0.25) is 4.79 Å². The molecule has 1 aliphatic carbocycles. The van der Waals surface area contributed by atoms with Crippen molar-refractivity contribution in [2.75, 3.05) is 6.54 Å². The predicted octanol–water partition coefficient (Wildman–Crippen LogP) is 2.42. The van der Waals surface area contributed by atoms with Crippen molar-refractivity contribution in [3.05, 3.63) is 47.4 Å². The van der Waals surface area contributed by atoms with E-state index in [-0.39, 0.29) is 23.3 Å². The summed E-state index contributed by atoms with van der Waals surface area (Å²) in [5.41, 5.74) is 0.665. The SMILES string of the molecule is N#C/C(=C/NCCc1ccccc1F)C(=O)NC1CCCC1. The van der Waals surface area contributed by atoms with Crippen molar-refractivity contribution in [1.29, 1.82) is 5.26 Å². The van der Waals surface area contributed by atoms with Crippen LogP contribution in [0, 0.1) is 17.1 Å². The van der Waals surface area contributed by atoms with Crippen LogP contribution in [0.5, 0.6) is 0 Å². The maximum Gasteiger partial charge on any atom is 0.263 e. The largest absolute Gasteiger partial charge is 0.389 e. The number of rotatable bonds is 6. The van der Waals surface area contributed by atoms with Gasteiger partial charge < -0.3 is 10.6 Å². The minimum Gasteiger partial charge on any atom is -0.389 e. The zero-order chi connectivity index (χ0) is 15.8. The minimum atomic E-state index is -0.340. The number of amides is 1. The fourth-order valence-corrected chi connectivity index (χ4v) is 2.56. The maximum absolute atomic E-state index is 13.4. The Kier molecular flexibility index (Phi) is 5.96.